The lowest BCUT2D eigenvalue weighted by molar-refractivity contribution is -0.122. The summed E-state index contributed by atoms with van der Waals surface area (Å²) < 4.78 is 0. The van der Waals surface area contributed by atoms with E-state index >= 15 is 0 Å². The lowest BCUT2D eigenvalue weighted by Gasteiger charge is -2.11. The summed E-state index contributed by atoms with van der Waals surface area (Å²) in [4.78, 5) is 11.7. The van der Waals surface area contributed by atoms with Gasteiger partial charge in [-0.25, -0.2) is 0 Å². The first-order valence-corrected chi connectivity index (χ1v) is 6.19. The molecule has 1 atom stereocenters. The Balaban J connectivity index is 2.39. The molecule has 0 radical (unpaired) electrons. The number of rotatable bonds is 6. The molecule has 0 heterocycles. The number of hydrogen-bond donors (Lipinski definition) is 2. The first-order valence-electron chi connectivity index (χ1n) is 6.19. The van der Waals surface area contributed by atoms with Crippen molar-refractivity contribution in [1.29, 1.82) is 5.26 Å². The maximum Gasteiger partial charge on any atom is 0.237 e. The number of hydrogen-bond acceptors (Lipinski definition) is 3. The minimum Gasteiger partial charge on any atom is -0.351 e. The predicted molar refractivity (Wildman–Crippen MR) is 70.5 cm³/mol. The van der Waals surface area contributed by atoms with Crippen molar-refractivity contribution < 1.29 is 4.79 Å². The normalized spacial score (nSPS) is 11.6. The molecule has 0 aliphatic heterocycles. The van der Waals surface area contributed by atoms with Crippen molar-refractivity contribution >= 4 is 5.91 Å². The van der Waals surface area contributed by atoms with Gasteiger partial charge in [-0.2, -0.15) is 5.26 Å². The van der Waals surface area contributed by atoms with Crippen LogP contribution in [0.25, 0.3) is 0 Å². The maximum atomic E-state index is 11.7. The van der Waals surface area contributed by atoms with Gasteiger partial charge in [0.25, 0.3) is 0 Å². The monoisotopic (exact) mass is 245 g/mol. The third-order valence-electron chi connectivity index (χ3n) is 2.76. The highest BCUT2D eigenvalue weighted by atomic mass is 16.2. The number of carbonyl (C=O) groups is 1. The Bertz CT molecular complexity index is 420. The molecular weight excluding hydrogens is 226 g/mol. The number of nitriles is 1. The van der Waals surface area contributed by atoms with Gasteiger partial charge in [0.1, 0.15) is 0 Å². The number of unbranched alkanes of at least 4 members (excludes halogenated alkanes) is 1. The number of carbonyl (C=O) groups excluding carboxylic acids is 1. The fraction of sp³-hybridized carbons (Fsp3) is 0.429. The van der Waals surface area contributed by atoms with E-state index in [1.807, 2.05) is 12.1 Å². The second-order valence-electron chi connectivity index (χ2n) is 4.28. The SMILES string of the molecule is CCCC[C@H](N)C(=O)NCc1ccc(C#N)cc1. The summed E-state index contributed by atoms with van der Waals surface area (Å²) in [6.07, 6.45) is 2.72. The smallest absolute Gasteiger partial charge is 0.237 e. The van der Waals surface area contributed by atoms with E-state index in [0.29, 0.717) is 12.1 Å². The van der Waals surface area contributed by atoms with Gasteiger partial charge in [-0.05, 0) is 24.1 Å². The molecule has 1 aromatic carbocycles. The van der Waals surface area contributed by atoms with E-state index in [2.05, 4.69) is 18.3 Å². The second-order valence-corrected chi connectivity index (χ2v) is 4.28. The van der Waals surface area contributed by atoms with Crippen LogP contribution in [0.15, 0.2) is 24.3 Å². The summed E-state index contributed by atoms with van der Waals surface area (Å²) >= 11 is 0. The summed E-state index contributed by atoms with van der Waals surface area (Å²) in [5.74, 6) is -0.118. The Morgan fingerprint density at radius 3 is 2.67 bits per heavy atom. The molecule has 4 nitrogen and oxygen atoms in total. The Labute approximate surface area is 108 Å². The molecule has 18 heavy (non-hydrogen) atoms. The summed E-state index contributed by atoms with van der Waals surface area (Å²) in [7, 11) is 0. The van der Waals surface area contributed by atoms with Gasteiger partial charge in [-0.3, -0.25) is 4.79 Å². The zero-order chi connectivity index (χ0) is 13.4. The van der Waals surface area contributed by atoms with Crippen LogP contribution in [0.2, 0.25) is 0 Å². The van der Waals surface area contributed by atoms with Crippen molar-refractivity contribution in [3.63, 3.8) is 0 Å². The summed E-state index contributed by atoms with van der Waals surface area (Å²) in [5.41, 5.74) is 7.34. The van der Waals surface area contributed by atoms with Gasteiger partial charge in [0.2, 0.25) is 5.91 Å². The molecular formula is C14H19N3O. The highest BCUT2D eigenvalue weighted by molar-refractivity contribution is 5.81. The quantitative estimate of drug-likeness (QED) is 0.800. The molecule has 0 aliphatic rings. The Morgan fingerprint density at radius 1 is 1.44 bits per heavy atom. The van der Waals surface area contributed by atoms with Gasteiger partial charge < -0.3 is 11.1 Å². The van der Waals surface area contributed by atoms with Crippen LogP contribution >= 0.6 is 0 Å². The maximum absolute atomic E-state index is 11.7. The van der Waals surface area contributed by atoms with Crippen LogP contribution < -0.4 is 11.1 Å². The summed E-state index contributed by atoms with van der Waals surface area (Å²) in [5, 5.41) is 11.5. The molecule has 0 bridgehead atoms. The van der Waals surface area contributed by atoms with Gasteiger partial charge >= 0.3 is 0 Å². The molecule has 0 saturated heterocycles. The zero-order valence-corrected chi connectivity index (χ0v) is 10.6. The van der Waals surface area contributed by atoms with E-state index < -0.39 is 6.04 Å². The minimum absolute atomic E-state index is 0.118. The van der Waals surface area contributed by atoms with E-state index in [0.717, 1.165) is 24.8 Å². The zero-order valence-electron chi connectivity index (χ0n) is 10.6. The summed E-state index contributed by atoms with van der Waals surface area (Å²) in [6.45, 7) is 2.52. The number of nitrogens with two attached hydrogens (primary N) is 1. The van der Waals surface area contributed by atoms with Crippen LogP contribution in [0.5, 0.6) is 0 Å². The number of nitrogens with zero attached hydrogens (tertiary/aromatic N) is 1. The Kier molecular flexibility index (Phi) is 5.89. The van der Waals surface area contributed by atoms with Crippen molar-refractivity contribution in [3.05, 3.63) is 35.4 Å². The fourth-order valence-electron chi connectivity index (χ4n) is 1.57. The van der Waals surface area contributed by atoms with Crippen LogP contribution in [0.3, 0.4) is 0 Å². The van der Waals surface area contributed by atoms with E-state index in [1.54, 1.807) is 12.1 Å². The number of nitrogens with one attached hydrogen (secondary N) is 1. The number of amides is 1. The molecule has 0 saturated carbocycles. The van der Waals surface area contributed by atoms with Crippen molar-refractivity contribution in [3.8, 4) is 6.07 Å². The van der Waals surface area contributed by atoms with Crippen LogP contribution in [-0.4, -0.2) is 11.9 Å². The van der Waals surface area contributed by atoms with E-state index in [1.165, 1.54) is 0 Å². The molecule has 0 fully saturated rings. The topological polar surface area (TPSA) is 78.9 Å². The van der Waals surface area contributed by atoms with Gasteiger partial charge in [-0.15, -0.1) is 0 Å². The molecule has 1 aromatic rings. The molecule has 0 aliphatic carbocycles. The lowest BCUT2D eigenvalue weighted by Crippen LogP contribution is -2.40. The van der Waals surface area contributed by atoms with E-state index in [-0.39, 0.29) is 5.91 Å². The van der Waals surface area contributed by atoms with Crippen molar-refractivity contribution in [1.82, 2.24) is 5.32 Å². The average molecular weight is 245 g/mol. The third kappa shape index (κ3) is 4.56. The molecule has 1 amide bonds. The Hall–Kier alpha value is -1.86. The first-order chi connectivity index (χ1) is 8.67. The largest absolute Gasteiger partial charge is 0.351 e. The molecule has 4 heteroatoms. The molecule has 3 N–H and O–H groups in total. The van der Waals surface area contributed by atoms with Gasteiger partial charge in [0, 0.05) is 6.54 Å². The molecule has 0 unspecified atom stereocenters. The molecule has 1 rings (SSSR count). The van der Waals surface area contributed by atoms with Gasteiger partial charge in [0.05, 0.1) is 17.7 Å². The van der Waals surface area contributed by atoms with E-state index in [9.17, 15) is 4.79 Å². The van der Waals surface area contributed by atoms with Crippen LogP contribution in [-0.2, 0) is 11.3 Å². The minimum atomic E-state index is -0.427. The highest BCUT2D eigenvalue weighted by Gasteiger charge is 2.11. The Morgan fingerprint density at radius 2 is 2.11 bits per heavy atom. The van der Waals surface area contributed by atoms with Crippen LogP contribution in [0.4, 0.5) is 0 Å². The van der Waals surface area contributed by atoms with Crippen molar-refractivity contribution in [2.45, 2.75) is 38.8 Å². The molecule has 96 valence electrons. The standard InChI is InChI=1S/C14H19N3O/c1-2-3-4-13(16)14(18)17-10-12-7-5-11(9-15)6-8-12/h5-8,13H,2-4,10,16H2,1H3,(H,17,18)/t13-/m0/s1. The van der Waals surface area contributed by atoms with Crippen LogP contribution in [0.1, 0.15) is 37.3 Å². The predicted octanol–water partition coefficient (Wildman–Crippen LogP) is 1.69. The fourth-order valence-corrected chi connectivity index (χ4v) is 1.57. The summed E-state index contributed by atoms with van der Waals surface area (Å²) in [6, 6.07) is 8.75. The lowest BCUT2D eigenvalue weighted by atomic mass is 10.1. The van der Waals surface area contributed by atoms with Gasteiger partial charge in [0.15, 0.2) is 0 Å². The average Bonchev–Trinajstić information content (AvgIpc) is 2.42. The molecule has 0 aromatic heterocycles. The van der Waals surface area contributed by atoms with Crippen molar-refractivity contribution in [2.24, 2.45) is 5.73 Å². The van der Waals surface area contributed by atoms with Gasteiger partial charge in [-0.1, -0.05) is 31.9 Å². The third-order valence-corrected chi connectivity index (χ3v) is 2.76. The van der Waals surface area contributed by atoms with Crippen LogP contribution in [0, 0.1) is 11.3 Å². The van der Waals surface area contributed by atoms with E-state index in [4.69, 9.17) is 11.0 Å². The molecule has 0 spiro atoms. The number of benzene rings is 1. The first kappa shape index (κ1) is 14.2. The second kappa shape index (κ2) is 7.46. The highest BCUT2D eigenvalue weighted by Crippen LogP contribution is 2.03. The van der Waals surface area contributed by atoms with Crippen molar-refractivity contribution in [2.75, 3.05) is 0 Å².